The summed E-state index contributed by atoms with van der Waals surface area (Å²) in [6, 6.07) is 1.87. The lowest BCUT2D eigenvalue weighted by atomic mass is 9.86. The second-order valence-electron chi connectivity index (χ2n) is 4.85. The van der Waals surface area contributed by atoms with Crippen LogP contribution in [0.3, 0.4) is 0 Å². The van der Waals surface area contributed by atoms with Crippen LogP contribution < -0.4 is 10.2 Å². The summed E-state index contributed by atoms with van der Waals surface area (Å²) in [4.78, 5) is 10.9. The summed E-state index contributed by atoms with van der Waals surface area (Å²) < 4.78 is 0. The van der Waals surface area contributed by atoms with E-state index in [4.69, 9.17) is 0 Å². The predicted octanol–water partition coefficient (Wildman–Crippen LogP) is 1.20. The Balaban J connectivity index is 1.66. The van der Waals surface area contributed by atoms with Gasteiger partial charge in [0.05, 0.1) is 0 Å². The number of hydrogen-bond acceptors (Lipinski definition) is 4. The van der Waals surface area contributed by atoms with Crippen molar-refractivity contribution in [2.75, 3.05) is 24.5 Å². The molecule has 0 amide bonds. The van der Waals surface area contributed by atoms with Crippen molar-refractivity contribution in [2.24, 2.45) is 0 Å². The number of piperidine rings is 1. The first kappa shape index (κ1) is 10.0. The fraction of sp³-hybridized carbons (Fsp3) is 0.667. The standard InChI is InChI=1S/C12H18N4/c1-3-12(15-8-1)4-9-16(10-5-12)11-13-6-2-7-14-11/h2,6-7,15H,1,3-5,8-10H2. The zero-order chi connectivity index (χ0) is 10.8. The molecular formula is C12H18N4. The minimum Gasteiger partial charge on any atom is -0.341 e. The van der Waals surface area contributed by atoms with E-state index in [0.717, 1.165) is 19.0 Å². The highest BCUT2D eigenvalue weighted by Gasteiger charge is 2.36. The molecule has 4 heteroatoms. The van der Waals surface area contributed by atoms with Gasteiger partial charge < -0.3 is 10.2 Å². The van der Waals surface area contributed by atoms with Crippen molar-refractivity contribution in [3.8, 4) is 0 Å². The van der Waals surface area contributed by atoms with Crippen molar-refractivity contribution >= 4 is 5.95 Å². The third kappa shape index (κ3) is 1.78. The van der Waals surface area contributed by atoms with Gasteiger partial charge in [0, 0.05) is 31.0 Å². The molecule has 86 valence electrons. The molecule has 2 aliphatic heterocycles. The van der Waals surface area contributed by atoms with E-state index in [9.17, 15) is 0 Å². The first-order chi connectivity index (χ1) is 7.88. The van der Waals surface area contributed by atoms with Gasteiger partial charge in [0.25, 0.3) is 0 Å². The Bertz CT molecular complexity index is 335. The van der Waals surface area contributed by atoms with Gasteiger partial charge in [-0.15, -0.1) is 0 Å². The third-order valence-corrected chi connectivity index (χ3v) is 3.89. The number of hydrogen-bond donors (Lipinski definition) is 1. The molecule has 1 spiro atoms. The van der Waals surface area contributed by atoms with Crippen molar-refractivity contribution in [3.63, 3.8) is 0 Å². The molecule has 1 N–H and O–H groups in total. The Hall–Kier alpha value is -1.16. The first-order valence-electron chi connectivity index (χ1n) is 6.15. The normalized spacial score (nSPS) is 23.9. The van der Waals surface area contributed by atoms with E-state index in [1.807, 2.05) is 18.5 Å². The largest absolute Gasteiger partial charge is 0.341 e. The zero-order valence-electron chi connectivity index (χ0n) is 9.52. The fourth-order valence-electron chi connectivity index (χ4n) is 2.88. The molecule has 0 aromatic carbocycles. The first-order valence-corrected chi connectivity index (χ1v) is 6.15. The molecule has 0 radical (unpaired) electrons. The molecule has 0 aliphatic carbocycles. The molecule has 0 atom stereocenters. The van der Waals surface area contributed by atoms with E-state index in [0.29, 0.717) is 5.54 Å². The number of nitrogens with one attached hydrogen (secondary N) is 1. The number of nitrogens with zero attached hydrogens (tertiary/aromatic N) is 3. The van der Waals surface area contributed by atoms with Gasteiger partial charge in [-0.1, -0.05) is 0 Å². The van der Waals surface area contributed by atoms with Crippen molar-refractivity contribution in [2.45, 2.75) is 31.2 Å². The number of anilines is 1. The van der Waals surface area contributed by atoms with Gasteiger partial charge in [-0.2, -0.15) is 0 Å². The van der Waals surface area contributed by atoms with Crippen molar-refractivity contribution in [1.29, 1.82) is 0 Å². The Kier molecular flexibility index (Phi) is 2.52. The molecule has 0 unspecified atom stereocenters. The Morgan fingerprint density at radius 3 is 2.50 bits per heavy atom. The van der Waals surface area contributed by atoms with E-state index >= 15 is 0 Å². The van der Waals surface area contributed by atoms with Gasteiger partial charge in [-0.05, 0) is 38.3 Å². The molecule has 2 saturated heterocycles. The maximum Gasteiger partial charge on any atom is 0.225 e. The Labute approximate surface area is 96.1 Å². The average Bonchev–Trinajstić information content (AvgIpc) is 2.80. The van der Waals surface area contributed by atoms with E-state index in [1.54, 1.807) is 0 Å². The number of aromatic nitrogens is 2. The molecule has 0 bridgehead atoms. The lowest BCUT2D eigenvalue weighted by molar-refractivity contribution is 0.295. The highest BCUT2D eigenvalue weighted by atomic mass is 15.3. The number of rotatable bonds is 1. The molecule has 3 rings (SSSR count). The summed E-state index contributed by atoms with van der Waals surface area (Å²) in [6.07, 6.45) is 8.77. The van der Waals surface area contributed by atoms with Crippen LogP contribution in [0.5, 0.6) is 0 Å². The molecule has 0 saturated carbocycles. The van der Waals surface area contributed by atoms with Gasteiger partial charge in [-0.3, -0.25) is 0 Å². The van der Waals surface area contributed by atoms with Gasteiger partial charge >= 0.3 is 0 Å². The van der Waals surface area contributed by atoms with Crippen LogP contribution in [0.4, 0.5) is 5.95 Å². The molecule has 2 aliphatic rings. The van der Waals surface area contributed by atoms with Gasteiger partial charge in [0.1, 0.15) is 0 Å². The topological polar surface area (TPSA) is 41.1 Å². The summed E-state index contributed by atoms with van der Waals surface area (Å²) in [5, 5.41) is 3.68. The highest BCUT2D eigenvalue weighted by Crippen LogP contribution is 2.31. The van der Waals surface area contributed by atoms with Crippen LogP contribution >= 0.6 is 0 Å². The van der Waals surface area contributed by atoms with Crippen molar-refractivity contribution in [3.05, 3.63) is 18.5 Å². The Morgan fingerprint density at radius 1 is 1.12 bits per heavy atom. The minimum atomic E-state index is 0.436. The van der Waals surface area contributed by atoms with Crippen LogP contribution in [0.15, 0.2) is 18.5 Å². The van der Waals surface area contributed by atoms with Crippen LogP contribution in [0.2, 0.25) is 0 Å². The van der Waals surface area contributed by atoms with Crippen LogP contribution in [0.1, 0.15) is 25.7 Å². The molecule has 1 aromatic rings. The summed E-state index contributed by atoms with van der Waals surface area (Å²) in [7, 11) is 0. The maximum absolute atomic E-state index is 4.31. The van der Waals surface area contributed by atoms with Crippen LogP contribution in [0.25, 0.3) is 0 Å². The lowest BCUT2D eigenvalue weighted by Gasteiger charge is -2.39. The van der Waals surface area contributed by atoms with Gasteiger partial charge in [-0.25, -0.2) is 9.97 Å². The van der Waals surface area contributed by atoms with Crippen molar-refractivity contribution in [1.82, 2.24) is 15.3 Å². The van der Waals surface area contributed by atoms with Crippen LogP contribution in [0, 0.1) is 0 Å². The SMILES string of the molecule is c1cnc(N2CCC3(CCCN3)CC2)nc1. The van der Waals surface area contributed by atoms with Gasteiger partial charge in [0.15, 0.2) is 0 Å². The molecule has 16 heavy (non-hydrogen) atoms. The summed E-state index contributed by atoms with van der Waals surface area (Å²) >= 11 is 0. The molecular weight excluding hydrogens is 200 g/mol. The maximum atomic E-state index is 4.31. The molecule has 3 heterocycles. The lowest BCUT2D eigenvalue weighted by Crippen LogP contribution is -2.50. The van der Waals surface area contributed by atoms with E-state index in [1.165, 1.54) is 32.2 Å². The third-order valence-electron chi connectivity index (χ3n) is 3.89. The second-order valence-corrected chi connectivity index (χ2v) is 4.85. The zero-order valence-corrected chi connectivity index (χ0v) is 9.52. The van der Waals surface area contributed by atoms with Crippen LogP contribution in [-0.4, -0.2) is 35.1 Å². The van der Waals surface area contributed by atoms with Crippen molar-refractivity contribution < 1.29 is 0 Å². The second kappa shape index (κ2) is 4.01. The highest BCUT2D eigenvalue weighted by molar-refractivity contribution is 5.30. The molecule has 4 nitrogen and oxygen atoms in total. The summed E-state index contributed by atoms with van der Waals surface area (Å²) in [5.74, 6) is 0.885. The van der Waals surface area contributed by atoms with Gasteiger partial charge in [0.2, 0.25) is 5.95 Å². The fourth-order valence-corrected chi connectivity index (χ4v) is 2.88. The molecule has 2 fully saturated rings. The minimum absolute atomic E-state index is 0.436. The van der Waals surface area contributed by atoms with Crippen LogP contribution in [-0.2, 0) is 0 Å². The summed E-state index contributed by atoms with van der Waals surface area (Å²) in [5.41, 5.74) is 0.436. The predicted molar refractivity (Wildman–Crippen MR) is 63.4 cm³/mol. The summed E-state index contributed by atoms with van der Waals surface area (Å²) in [6.45, 7) is 3.36. The van der Waals surface area contributed by atoms with E-state index in [2.05, 4.69) is 20.2 Å². The van der Waals surface area contributed by atoms with E-state index < -0.39 is 0 Å². The molecule has 1 aromatic heterocycles. The smallest absolute Gasteiger partial charge is 0.225 e. The monoisotopic (exact) mass is 218 g/mol. The van der Waals surface area contributed by atoms with E-state index in [-0.39, 0.29) is 0 Å². The Morgan fingerprint density at radius 2 is 1.88 bits per heavy atom. The quantitative estimate of drug-likeness (QED) is 0.769. The average molecular weight is 218 g/mol.